The molecule has 0 saturated heterocycles. The first-order valence-electron chi connectivity index (χ1n) is 9.44. The molecule has 0 bridgehead atoms. The number of furan rings is 1. The number of rotatable bonds is 8. The molecule has 0 radical (unpaired) electrons. The van der Waals surface area contributed by atoms with E-state index in [2.05, 4.69) is 41.7 Å². The Labute approximate surface area is 161 Å². The van der Waals surface area contributed by atoms with E-state index in [0.29, 0.717) is 30.6 Å². The molecule has 6 nitrogen and oxygen atoms in total. The lowest BCUT2D eigenvalue weighted by atomic mass is 10.1. The van der Waals surface area contributed by atoms with E-state index < -0.39 is 0 Å². The van der Waals surface area contributed by atoms with Crippen LogP contribution >= 0.6 is 0 Å². The number of hydrogen-bond acceptors (Lipinski definition) is 3. The second kappa shape index (κ2) is 10.4. The molecule has 2 rings (SSSR count). The molecule has 0 spiro atoms. The van der Waals surface area contributed by atoms with Gasteiger partial charge < -0.3 is 20.4 Å². The van der Waals surface area contributed by atoms with Gasteiger partial charge in [0.25, 0.3) is 5.91 Å². The molecule has 2 aromatic rings. The van der Waals surface area contributed by atoms with Crippen LogP contribution in [-0.2, 0) is 13.1 Å². The van der Waals surface area contributed by atoms with E-state index in [0.717, 1.165) is 23.8 Å². The molecular formula is C21H30N4O2. The summed E-state index contributed by atoms with van der Waals surface area (Å²) in [4.78, 5) is 17.0. The number of carbonyl (C=O) groups is 1. The second-order valence-corrected chi connectivity index (χ2v) is 6.83. The second-order valence-electron chi connectivity index (χ2n) is 6.83. The number of aliphatic imine (C=N–C) groups is 1. The van der Waals surface area contributed by atoms with Crippen LogP contribution in [-0.4, -0.2) is 24.5 Å². The van der Waals surface area contributed by atoms with Gasteiger partial charge in [-0.1, -0.05) is 26.0 Å². The van der Waals surface area contributed by atoms with E-state index in [9.17, 15) is 4.79 Å². The maximum Gasteiger partial charge on any atom is 0.251 e. The average Bonchev–Trinajstić information content (AvgIpc) is 3.18. The fourth-order valence-electron chi connectivity index (χ4n) is 2.37. The van der Waals surface area contributed by atoms with Crippen LogP contribution in [0.25, 0.3) is 0 Å². The smallest absolute Gasteiger partial charge is 0.251 e. The third-order valence-electron chi connectivity index (χ3n) is 4.32. The minimum absolute atomic E-state index is 0.129. The summed E-state index contributed by atoms with van der Waals surface area (Å²) in [6, 6.07) is 11.5. The monoisotopic (exact) mass is 370 g/mol. The lowest BCUT2D eigenvalue weighted by molar-refractivity contribution is 0.0948. The summed E-state index contributed by atoms with van der Waals surface area (Å²) in [5, 5.41) is 9.53. The summed E-state index contributed by atoms with van der Waals surface area (Å²) < 4.78 is 5.23. The van der Waals surface area contributed by atoms with Gasteiger partial charge in [-0.15, -0.1) is 0 Å². The van der Waals surface area contributed by atoms with Crippen molar-refractivity contribution < 1.29 is 9.21 Å². The highest BCUT2D eigenvalue weighted by Crippen LogP contribution is 2.08. The first-order chi connectivity index (χ1) is 13.0. The van der Waals surface area contributed by atoms with Crippen LogP contribution < -0.4 is 16.0 Å². The van der Waals surface area contributed by atoms with Crippen molar-refractivity contribution in [2.75, 3.05) is 6.54 Å². The van der Waals surface area contributed by atoms with Gasteiger partial charge in [0.05, 0.1) is 19.4 Å². The first-order valence-corrected chi connectivity index (χ1v) is 9.44. The normalized spacial score (nSPS) is 12.7. The van der Waals surface area contributed by atoms with Gasteiger partial charge in [-0.05, 0) is 49.6 Å². The van der Waals surface area contributed by atoms with Gasteiger partial charge in [-0.2, -0.15) is 0 Å². The van der Waals surface area contributed by atoms with Crippen molar-refractivity contribution in [3.63, 3.8) is 0 Å². The van der Waals surface area contributed by atoms with E-state index >= 15 is 0 Å². The van der Waals surface area contributed by atoms with Gasteiger partial charge in [0, 0.05) is 18.2 Å². The topological polar surface area (TPSA) is 78.7 Å². The SMILES string of the molecule is CCNC(=NCc1cccc(C(=O)NCc2ccco2)c1)NC(C)C(C)C. The van der Waals surface area contributed by atoms with Crippen molar-refractivity contribution in [3.05, 3.63) is 59.5 Å². The molecule has 1 aromatic heterocycles. The molecule has 1 atom stereocenters. The molecule has 146 valence electrons. The lowest BCUT2D eigenvalue weighted by Crippen LogP contribution is -2.44. The van der Waals surface area contributed by atoms with Crippen LogP contribution in [0.3, 0.4) is 0 Å². The van der Waals surface area contributed by atoms with Crippen molar-refractivity contribution in [1.82, 2.24) is 16.0 Å². The zero-order valence-electron chi connectivity index (χ0n) is 16.6. The zero-order chi connectivity index (χ0) is 19.6. The Kier molecular flexibility index (Phi) is 7.92. The maximum absolute atomic E-state index is 12.3. The summed E-state index contributed by atoms with van der Waals surface area (Å²) >= 11 is 0. The summed E-state index contributed by atoms with van der Waals surface area (Å²) in [6.07, 6.45) is 1.59. The molecule has 6 heteroatoms. The molecule has 1 unspecified atom stereocenters. The molecule has 1 heterocycles. The zero-order valence-corrected chi connectivity index (χ0v) is 16.6. The highest BCUT2D eigenvalue weighted by Gasteiger charge is 2.10. The Morgan fingerprint density at radius 2 is 1.96 bits per heavy atom. The van der Waals surface area contributed by atoms with Crippen LogP contribution in [0.5, 0.6) is 0 Å². The number of amides is 1. The molecule has 0 saturated carbocycles. The number of carbonyl (C=O) groups excluding carboxylic acids is 1. The Balaban J connectivity index is 1.99. The van der Waals surface area contributed by atoms with Gasteiger partial charge in [-0.3, -0.25) is 4.79 Å². The van der Waals surface area contributed by atoms with E-state index in [4.69, 9.17) is 4.42 Å². The van der Waals surface area contributed by atoms with E-state index in [1.54, 1.807) is 18.4 Å². The van der Waals surface area contributed by atoms with Crippen molar-refractivity contribution >= 4 is 11.9 Å². The first kappa shape index (κ1) is 20.6. The Bertz CT molecular complexity index is 738. The van der Waals surface area contributed by atoms with E-state index in [1.165, 1.54) is 0 Å². The van der Waals surface area contributed by atoms with Crippen molar-refractivity contribution in [2.24, 2.45) is 10.9 Å². The molecular weight excluding hydrogens is 340 g/mol. The van der Waals surface area contributed by atoms with Crippen LogP contribution in [0.15, 0.2) is 52.1 Å². The molecule has 1 amide bonds. The summed E-state index contributed by atoms with van der Waals surface area (Å²) in [5.74, 6) is 1.89. The van der Waals surface area contributed by atoms with Crippen LogP contribution in [0.1, 0.15) is 49.4 Å². The number of nitrogens with zero attached hydrogens (tertiary/aromatic N) is 1. The number of benzene rings is 1. The Morgan fingerprint density at radius 3 is 2.63 bits per heavy atom. The van der Waals surface area contributed by atoms with Crippen LogP contribution in [0.2, 0.25) is 0 Å². The third kappa shape index (κ3) is 6.81. The molecule has 0 aliphatic heterocycles. The minimum Gasteiger partial charge on any atom is -0.467 e. The Morgan fingerprint density at radius 1 is 1.15 bits per heavy atom. The lowest BCUT2D eigenvalue weighted by Gasteiger charge is -2.20. The highest BCUT2D eigenvalue weighted by atomic mass is 16.3. The molecule has 0 aliphatic carbocycles. The van der Waals surface area contributed by atoms with Gasteiger partial charge in [0.1, 0.15) is 5.76 Å². The predicted molar refractivity (Wildman–Crippen MR) is 109 cm³/mol. The quantitative estimate of drug-likeness (QED) is 0.492. The van der Waals surface area contributed by atoms with Crippen molar-refractivity contribution in [1.29, 1.82) is 0 Å². The Hall–Kier alpha value is -2.76. The highest BCUT2D eigenvalue weighted by molar-refractivity contribution is 5.94. The third-order valence-corrected chi connectivity index (χ3v) is 4.32. The van der Waals surface area contributed by atoms with Gasteiger partial charge in [-0.25, -0.2) is 4.99 Å². The van der Waals surface area contributed by atoms with Crippen LogP contribution in [0, 0.1) is 5.92 Å². The van der Waals surface area contributed by atoms with Crippen LogP contribution in [0.4, 0.5) is 0 Å². The molecule has 0 fully saturated rings. The molecule has 0 aliphatic rings. The standard InChI is InChI=1S/C21H30N4O2/c1-5-22-21(25-16(4)15(2)3)24-13-17-8-6-9-18(12-17)20(26)23-14-19-10-7-11-27-19/h6-12,15-16H,5,13-14H2,1-4H3,(H,23,26)(H2,22,24,25). The van der Waals surface area contributed by atoms with Gasteiger partial charge >= 0.3 is 0 Å². The largest absolute Gasteiger partial charge is 0.467 e. The van der Waals surface area contributed by atoms with Gasteiger partial charge in [0.2, 0.25) is 0 Å². The number of guanidine groups is 1. The molecule has 1 aromatic carbocycles. The van der Waals surface area contributed by atoms with Crippen molar-refractivity contribution in [3.8, 4) is 0 Å². The molecule has 3 N–H and O–H groups in total. The van der Waals surface area contributed by atoms with E-state index in [1.807, 2.05) is 31.2 Å². The summed E-state index contributed by atoms with van der Waals surface area (Å²) in [7, 11) is 0. The van der Waals surface area contributed by atoms with E-state index in [-0.39, 0.29) is 5.91 Å². The predicted octanol–water partition coefficient (Wildman–Crippen LogP) is 3.31. The summed E-state index contributed by atoms with van der Waals surface area (Å²) in [5.41, 5.74) is 1.60. The number of nitrogens with one attached hydrogen (secondary N) is 3. The van der Waals surface area contributed by atoms with Crippen molar-refractivity contribution in [2.45, 2.75) is 46.8 Å². The summed E-state index contributed by atoms with van der Waals surface area (Å²) in [6.45, 7) is 10.2. The fourth-order valence-corrected chi connectivity index (χ4v) is 2.37. The number of hydrogen-bond donors (Lipinski definition) is 3. The fraction of sp³-hybridized carbons (Fsp3) is 0.429. The average molecular weight is 370 g/mol. The maximum atomic E-state index is 12.3. The van der Waals surface area contributed by atoms with Gasteiger partial charge in [0.15, 0.2) is 5.96 Å². The minimum atomic E-state index is -0.129. The molecule has 27 heavy (non-hydrogen) atoms.